The Kier molecular flexibility index (Phi) is 6.49. The number of carbonyl (C=O) groups is 1. The largest absolute Gasteiger partial charge is 0.322 e. The molecule has 0 aliphatic carbocycles. The van der Waals surface area contributed by atoms with E-state index in [2.05, 4.69) is 10.0 Å². The molecule has 0 saturated carbocycles. The standard InChI is InChI=1S/C20H25N3O5S2/c1-15-14-16(6-11-19(15)22-29(2,25)26)20(24)21-17-7-9-18(10-8-17)30(27,28)23-12-4-3-5-13-23/h6-11,14,22H,3-5,12-13H2,1-2H3,(H,21,24). The van der Waals surface area contributed by atoms with Gasteiger partial charge in [-0.3, -0.25) is 9.52 Å². The van der Waals surface area contributed by atoms with Gasteiger partial charge >= 0.3 is 0 Å². The predicted octanol–water partition coefficient (Wildman–Crippen LogP) is 2.79. The fourth-order valence-corrected chi connectivity index (χ4v) is 5.43. The molecule has 1 heterocycles. The lowest BCUT2D eigenvalue weighted by Crippen LogP contribution is -2.35. The smallest absolute Gasteiger partial charge is 0.255 e. The first-order valence-electron chi connectivity index (χ1n) is 9.56. The summed E-state index contributed by atoms with van der Waals surface area (Å²) in [6.07, 6.45) is 3.83. The molecule has 162 valence electrons. The molecule has 1 aliphatic heterocycles. The van der Waals surface area contributed by atoms with E-state index in [1.54, 1.807) is 25.1 Å². The lowest BCUT2D eigenvalue weighted by molar-refractivity contribution is 0.102. The van der Waals surface area contributed by atoms with E-state index in [4.69, 9.17) is 0 Å². The van der Waals surface area contributed by atoms with E-state index < -0.39 is 20.0 Å². The molecule has 0 spiro atoms. The summed E-state index contributed by atoms with van der Waals surface area (Å²) in [5.74, 6) is -0.379. The minimum absolute atomic E-state index is 0.203. The van der Waals surface area contributed by atoms with Crippen LogP contribution in [0.25, 0.3) is 0 Å². The fourth-order valence-electron chi connectivity index (χ4n) is 3.29. The fraction of sp³-hybridized carbons (Fsp3) is 0.350. The second kappa shape index (κ2) is 8.75. The molecule has 0 radical (unpaired) electrons. The average molecular weight is 452 g/mol. The monoisotopic (exact) mass is 451 g/mol. The Labute approximate surface area is 177 Å². The van der Waals surface area contributed by atoms with E-state index in [-0.39, 0.29) is 10.8 Å². The van der Waals surface area contributed by atoms with Crippen LogP contribution in [0.5, 0.6) is 0 Å². The van der Waals surface area contributed by atoms with Crippen LogP contribution >= 0.6 is 0 Å². The molecule has 10 heteroatoms. The molecule has 1 aliphatic rings. The number of sulfonamides is 2. The highest BCUT2D eigenvalue weighted by atomic mass is 32.2. The maximum absolute atomic E-state index is 12.7. The molecule has 8 nitrogen and oxygen atoms in total. The van der Waals surface area contributed by atoms with Crippen molar-refractivity contribution in [2.75, 3.05) is 29.4 Å². The van der Waals surface area contributed by atoms with Gasteiger partial charge in [-0.05, 0) is 67.8 Å². The zero-order chi connectivity index (χ0) is 21.9. The van der Waals surface area contributed by atoms with Crippen LogP contribution in [0.2, 0.25) is 0 Å². The number of rotatable bonds is 6. The molecule has 0 unspecified atom stereocenters. The number of aryl methyl sites for hydroxylation is 1. The number of anilines is 2. The summed E-state index contributed by atoms with van der Waals surface area (Å²) in [7, 11) is -6.93. The van der Waals surface area contributed by atoms with E-state index in [0.29, 0.717) is 35.6 Å². The summed E-state index contributed by atoms with van der Waals surface area (Å²) >= 11 is 0. The van der Waals surface area contributed by atoms with E-state index in [9.17, 15) is 21.6 Å². The van der Waals surface area contributed by atoms with Gasteiger partial charge in [0.15, 0.2) is 0 Å². The molecule has 0 aromatic heterocycles. The molecule has 1 amide bonds. The van der Waals surface area contributed by atoms with Gasteiger partial charge < -0.3 is 5.32 Å². The van der Waals surface area contributed by atoms with Crippen LogP contribution in [-0.2, 0) is 20.0 Å². The van der Waals surface area contributed by atoms with Crippen LogP contribution in [0.4, 0.5) is 11.4 Å². The number of carbonyl (C=O) groups excluding carboxylic acids is 1. The number of hydrogen-bond acceptors (Lipinski definition) is 5. The summed E-state index contributed by atoms with van der Waals surface area (Å²) in [6.45, 7) is 2.76. The molecule has 2 aromatic carbocycles. The van der Waals surface area contributed by atoms with Crippen molar-refractivity contribution in [1.82, 2.24) is 4.31 Å². The highest BCUT2D eigenvalue weighted by Crippen LogP contribution is 2.23. The van der Waals surface area contributed by atoms with E-state index in [1.165, 1.54) is 28.6 Å². The highest BCUT2D eigenvalue weighted by Gasteiger charge is 2.25. The van der Waals surface area contributed by atoms with E-state index in [1.807, 2.05) is 0 Å². The van der Waals surface area contributed by atoms with Crippen LogP contribution in [-0.4, -0.2) is 46.4 Å². The van der Waals surface area contributed by atoms with Crippen molar-refractivity contribution in [2.24, 2.45) is 0 Å². The van der Waals surface area contributed by atoms with Gasteiger partial charge in [0.1, 0.15) is 0 Å². The molecule has 1 fully saturated rings. The zero-order valence-corrected chi connectivity index (χ0v) is 18.5. The summed E-state index contributed by atoms with van der Waals surface area (Å²) in [5, 5.41) is 2.73. The lowest BCUT2D eigenvalue weighted by atomic mass is 10.1. The molecule has 2 aromatic rings. The summed E-state index contributed by atoms with van der Waals surface area (Å²) in [6, 6.07) is 10.7. The number of benzene rings is 2. The normalized spacial score (nSPS) is 15.5. The number of nitrogens with zero attached hydrogens (tertiary/aromatic N) is 1. The van der Waals surface area contributed by atoms with Crippen molar-refractivity contribution >= 4 is 37.3 Å². The third-order valence-corrected chi connectivity index (χ3v) is 7.35. The molecule has 2 N–H and O–H groups in total. The van der Waals surface area contributed by atoms with Crippen molar-refractivity contribution in [2.45, 2.75) is 31.1 Å². The van der Waals surface area contributed by atoms with Crippen LogP contribution < -0.4 is 10.0 Å². The summed E-state index contributed by atoms with van der Waals surface area (Å²) < 4.78 is 52.0. The average Bonchev–Trinajstić information content (AvgIpc) is 2.69. The van der Waals surface area contributed by atoms with E-state index >= 15 is 0 Å². The quantitative estimate of drug-likeness (QED) is 0.701. The highest BCUT2D eigenvalue weighted by molar-refractivity contribution is 7.92. The molecule has 3 rings (SSSR count). The van der Waals surface area contributed by atoms with Gasteiger partial charge in [0.05, 0.1) is 16.8 Å². The maximum Gasteiger partial charge on any atom is 0.255 e. The van der Waals surface area contributed by atoms with Crippen molar-refractivity contribution in [3.05, 3.63) is 53.6 Å². The van der Waals surface area contributed by atoms with Crippen molar-refractivity contribution in [1.29, 1.82) is 0 Å². The lowest BCUT2D eigenvalue weighted by Gasteiger charge is -2.25. The van der Waals surface area contributed by atoms with Crippen LogP contribution in [0.15, 0.2) is 47.4 Å². The van der Waals surface area contributed by atoms with Gasteiger partial charge in [-0.2, -0.15) is 4.31 Å². The second-order valence-corrected chi connectivity index (χ2v) is 11.0. The predicted molar refractivity (Wildman–Crippen MR) is 117 cm³/mol. The second-order valence-electron chi connectivity index (χ2n) is 7.35. The Hall–Kier alpha value is -2.43. The van der Waals surface area contributed by atoms with Gasteiger partial charge in [0.2, 0.25) is 20.0 Å². The van der Waals surface area contributed by atoms with Crippen molar-refractivity contribution in [3.63, 3.8) is 0 Å². The van der Waals surface area contributed by atoms with Gasteiger partial charge in [-0.25, -0.2) is 16.8 Å². The van der Waals surface area contributed by atoms with Gasteiger partial charge in [-0.1, -0.05) is 6.42 Å². The minimum atomic E-state index is -3.52. The Morgan fingerprint density at radius 2 is 1.57 bits per heavy atom. The Morgan fingerprint density at radius 1 is 0.933 bits per heavy atom. The molecule has 30 heavy (non-hydrogen) atoms. The Balaban J connectivity index is 1.71. The first-order valence-corrected chi connectivity index (χ1v) is 12.9. The van der Waals surface area contributed by atoms with Gasteiger partial charge in [-0.15, -0.1) is 0 Å². The third kappa shape index (κ3) is 5.38. The number of hydrogen-bond donors (Lipinski definition) is 2. The minimum Gasteiger partial charge on any atom is -0.322 e. The van der Waals surface area contributed by atoms with Crippen LogP contribution in [0.3, 0.4) is 0 Å². The SMILES string of the molecule is Cc1cc(C(=O)Nc2ccc(S(=O)(=O)N3CCCCC3)cc2)ccc1NS(C)(=O)=O. The number of nitrogens with one attached hydrogen (secondary N) is 2. The first kappa shape index (κ1) is 22.3. The van der Waals surface area contributed by atoms with Crippen molar-refractivity contribution in [3.8, 4) is 0 Å². The number of amides is 1. The summed E-state index contributed by atoms with van der Waals surface area (Å²) in [4.78, 5) is 12.7. The Morgan fingerprint density at radius 3 is 2.13 bits per heavy atom. The van der Waals surface area contributed by atoms with Crippen LogP contribution in [0, 0.1) is 6.92 Å². The summed E-state index contributed by atoms with van der Waals surface area (Å²) in [5.41, 5.74) is 1.84. The first-order chi connectivity index (χ1) is 14.1. The third-order valence-electron chi connectivity index (χ3n) is 4.85. The van der Waals surface area contributed by atoms with E-state index in [0.717, 1.165) is 25.5 Å². The van der Waals surface area contributed by atoms with Crippen LogP contribution in [0.1, 0.15) is 35.2 Å². The topological polar surface area (TPSA) is 113 Å². The zero-order valence-electron chi connectivity index (χ0n) is 16.9. The van der Waals surface area contributed by atoms with Gasteiger partial charge in [0, 0.05) is 24.3 Å². The van der Waals surface area contributed by atoms with Crippen molar-refractivity contribution < 1.29 is 21.6 Å². The maximum atomic E-state index is 12.7. The molecule has 0 bridgehead atoms. The molecular weight excluding hydrogens is 426 g/mol. The number of piperidine rings is 1. The molecule has 1 saturated heterocycles. The molecule has 0 atom stereocenters. The van der Waals surface area contributed by atoms with Gasteiger partial charge in [0.25, 0.3) is 5.91 Å². The molecular formula is C20H25N3O5S2. The Bertz CT molecular complexity index is 1140.